The monoisotopic (exact) mass is 482 g/mol. The second-order valence-electron chi connectivity index (χ2n) is 9.30. The summed E-state index contributed by atoms with van der Waals surface area (Å²) in [5.74, 6) is 2.64. The molecule has 36 heavy (non-hydrogen) atoms. The van der Waals surface area contributed by atoms with Gasteiger partial charge in [-0.3, -0.25) is 0 Å². The Kier molecular flexibility index (Phi) is 8.82. The molecule has 0 aliphatic heterocycles. The van der Waals surface area contributed by atoms with Crippen molar-refractivity contribution in [3.63, 3.8) is 0 Å². The van der Waals surface area contributed by atoms with Gasteiger partial charge in [0.25, 0.3) is 0 Å². The molecule has 3 aromatic carbocycles. The van der Waals surface area contributed by atoms with Crippen molar-refractivity contribution in [3.8, 4) is 17.2 Å². The topological polar surface area (TPSA) is 27.7 Å². The smallest absolute Gasteiger partial charge is 0.125 e. The van der Waals surface area contributed by atoms with E-state index in [-0.39, 0.29) is 0 Å². The van der Waals surface area contributed by atoms with Gasteiger partial charge in [0.2, 0.25) is 0 Å². The normalized spacial score (nSPS) is 11.0. The van der Waals surface area contributed by atoms with E-state index in [0.29, 0.717) is 19.8 Å². The molecule has 0 fully saturated rings. The van der Waals surface area contributed by atoms with Crippen molar-refractivity contribution < 1.29 is 14.2 Å². The Morgan fingerprint density at radius 1 is 0.639 bits per heavy atom. The van der Waals surface area contributed by atoms with Crippen molar-refractivity contribution in [1.29, 1.82) is 0 Å². The minimum Gasteiger partial charge on any atom is -0.489 e. The number of hydrogen-bond acceptors (Lipinski definition) is 3. The summed E-state index contributed by atoms with van der Waals surface area (Å²) < 4.78 is 18.1. The lowest BCUT2D eigenvalue weighted by Crippen LogP contribution is -2.27. The van der Waals surface area contributed by atoms with E-state index >= 15 is 0 Å². The Balaban J connectivity index is 2.30. The molecule has 0 saturated heterocycles. The molecule has 0 heterocycles. The summed E-state index contributed by atoms with van der Waals surface area (Å²) in [5.41, 5.74) is 7.25. The van der Waals surface area contributed by atoms with Crippen LogP contribution in [0, 0.1) is 27.7 Å². The highest BCUT2D eigenvalue weighted by Gasteiger charge is 2.35. The van der Waals surface area contributed by atoms with Crippen LogP contribution in [0.2, 0.25) is 0 Å². The summed E-state index contributed by atoms with van der Waals surface area (Å²) in [7, 11) is 0. The third-order valence-corrected chi connectivity index (χ3v) is 6.55. The van der Waals surface area contributed by atoms with E-state index < -0.39 is 5.41 Å². The average molecular weight is 483 g/mol. The first-order valence-corrected chi connectivity index (χ1v) is 12.3. The number of benzene rings is 3. The Bertz CT molecular complexity index is 1140. The maximum Gasteiger partial charge on any atom is 0.125 e. The molecule has 0 radical (unpaired) electrons. The van der Waals surface area contributed by atoms with Crippen LogP contribution in [0.4, 0.5) is 0 Å². The van der Waals surface area contributed by atoms with E-state index in [4.69, 9.17) is 14.2 Å². The zero-order chi connectivity index (χ0) is 26.3. The molecule has 0 bridgehead atoms. The number of ether oxygens (including phenoxy) is 3. The largest absolute Gasteiger partial charge is 0.489 e. The first-order chi connectivity index (χ1) is 17.3. The third kappa shape index (κ3) is 5.41. The van der Waals surface area contributed by atoms with Crippen molar-refractivity contribution in [2.75, 3.05) is 19.8 Å². The van der Waals surface area contributed by atoms with Crippen LogP contribution in [0.5, 0.6) is 17.2 Å². The fraction of sp³-hybridized carbons (Fsp3) is 0.273. The Labute approximate surface area is 216 Å². The van der Waals surface area contributed by atoms with E-state index in [0.717, 1.165) is 56.2 Å². The van der Waals surface area contributed by atoms with Crippen molar-refractivity contribution in [2.45, 2.75) is 40.0 Å². The minimum atomic E-state index is -0.503. The predicted molar refractivity (Wildman–Crippen MR) is 151 cm³/mol. The Hall–Kier alpha value is -3.72. The van der Waals surface area contributed by atoms with Crippen LogP contribution in [0.25, 0.3) is 0 Å². The maximum absolute atomic E-state index is 6.16. The molecule has 0 aliphatic rings. The minimum absolute atomic E-state index is 0.436. The highest BCUT2D eigenvalue weighted by Crippen LogP contribution is 2.46. The summed E-state index contributed by atoms with van der Waals surface area (Å²) in [5, 5.41) is 0. The second kappa shape index (κ2) is 11.8. The molecule has 0 saturated carbocycles. The van der Waals surface area contributed by atoms with Gasteiger partial charge in [-0.15, -0.1) is 0 Å². The highest BCUT2D eigenvalue weighted by molar-refractivity contribution is 5.60. The summed E-state index contributed by atoms with van der Waals surface area (Å²) in [4.78, 5) is 0. The number of aryl methyl sites for hydroxylation is 4. The van der Waals surface area contributed by atoms with E-state index in [1.165, 1.54) is 0 Å². The number of rotatable bonds is 12. The van der Waals surface area contributed by atoms with E-state index in [9.17, 15) is 0 Å². The lowest BCUT2D eigenvalue weighted by Gasteiger charge is -2.35. The highest BCUT2D eigenvalue weighted by atomic mass is 16.5. The molecule has 3 heteroatoms. The van der Waals surface area contributed by atoms with Crippen LogP contribution >= 0.6 is 0 Å². The molecule has 0 N–H and O–H groups in total. The maximum atomic E-state index is 6.16. The molecule has 0 aliphatic carbocycles. The summed E-state index contributed by atoms with van der Waals surface area (Å²) in [6, 6.07) is 17.2. The average Bonchev–Trinajstić information content (AvgIpc) is 2.86. The SMILES string of the molecule is C=CCOc1ccccc1C(C)(c1cc(C)c(OCC=C)c(C)c1)c1cc(C)c(OCC=C)c(C)c1. The zero-order valence-corrected chi connectivity index (χ0v) is 22.3. The van der Waals surface area contributed by atoms with Gasteiger partial charge in [-0.25, -0.2) is 0 Å². The number of para-hydroxylation sites is 1. The van der Waals surface area contributed by atoms with E-state index in [1.54, 1.807) is 18.2 Å². The van der Waals surface area contributed by atoms with E-state index in [1.807, 2.05) is 12.1 Å². The molecule has 3 nitrogen and oxygen atoms in total. The van der Waals surface area contributed by atoms with Gasteiger partial charge in [0, 0.05) is 11.0 Å². The van der Waals surface area contributed by atoms with Crippen LogP contribution in [0.3, 0.4) is 0 Å². The van der Waals surface area contributed by atoms with Crippen LogP contribution in [0.1, 0.15) is 45.9 Å². The van der Waals surface area contributed by atoms with Crippen molar-refractivity contribution in [3.05, 3.63) is 125 Å². The van der Waals surface area contributed by atoms with Crippen molar-refractivity contribution >= 4 is 0 Å². The summed E-state index contributed by atoms with van der Waals surface area (Å²) >= 11 is 0. The molecule has 0 unspecified atom stereocenters. The molecule has 188 valence electrons. The summed E-state index contributed by atoms with van der Waals surface area (Å²) in [6.07, 6.45) is 5.31. The van der Waals surface area contributed by atoms with Crippen LogP contribution in [0.15, 0.2) is 86.5 Å². The third-order valence-electron chi connectivity index (χ3n) is 6.55. The lowest BCUT2D eigenvalue weighted by molar-refractivity contribution is 0.353. The van der Waals surface area contributed by atoms with Gasteiger partial charge in [0.05, 0.1) is 0 Å². The van der Waals surface area contributed by atoms with Gasteiger partial charge < -0.3 is 14.2 Å². The molecule has 3 aromatic rings. The molecule has 0 spiro atoms. The lowest BCUT2D eigenvalue weighted by atomic mass is 9.69. The van der Waals surface area contributed by atoms with Gasteiger partial charge in [0.1, 0.15) is 37.1 Å². The van der Waals surface area contributed by atoms with Gasteiger partial charge in [-0.1, -0.05) is 80.4 Å². The Morgan fingerprint density at radius 2 is 1.03 bits per heavy atom. The van der Waals surface area contributed by atoms with Crippen molar-refractivity contribution in [1.82, 2.24) is 0 Å². The first kappa shape index (κ1) is 26.9. The predicted octanol–water partition coefficient (Wildman–Crippen LogP) is 7.97. The second-order valence-corrected chi connectivity index (χ2v) is 9.30. The standard InChI is InChI=1S/C33H38O3/c1-9-16-34-30-15-13-12-14-29(30)33(8,27-19-23(4)31(24(5)20-27)35-17-10-2)28-21-25(6)32(26(7)22-28)36-18-11-3/h9-15,19-22H,1-3,16-18H2,4-8H3. The van der Waals surface area contributed by atoms with E-state index in [2.05, 4.69) is 90.8 Å². The van der Waals surface area contributed by atoms with Gasteiger partial charge in [-0.05, 0) is 74.1 Å². The molecule has 0 atom stereocenters. The van der Waals surface area contributed by atoms with Crippen molar-refractivity contribution in [2.24, 2.45) is 0 Å². The fourth-order valence-corrected chi connectivity index (χ4v) is 4.85. The van der Waals surface area contributed by atoms with Crippen LogP contribution in [-0.2, 0) is 5.41 Å². The summed E-state index contributed by atoms with van der Waals surface area (Å²) in [6.45, 7) is 23.4. The molecular weight excluding hydrogens is 444 g/mol. The van der Waals surface area contributed by atoms with Gasteiger partial charge in [0.15, 0.2) is 0 Å². The molecular formula is C33H38O3. The quantitative estimate of drug-likeness (QED) is 0.193. The van der Waals surface area contributed by atoms with Gasteiger partial charge >= 0.3 is 0 Å². The Morgan fingerprint density at radius 3 is 1.44 bits per heavy atom. The zero-order valence-electron chi connectivity index (χ0n) is 22.3. The molecule has 0 amide bonds. The van der Waals surface area contributed by atoms with Crippen LogP contribution < -0.4 is 14.2 Å². The number of hydrogen-bond donors (Lipinski definition) is 0. The molecule has 0 aromatic heterocycles. The van der Waals surface area contributed by atoms with Crippen LogP contribution in [-0.4, -0.2) is 19.8 Å². The first-order valence-electron chi connectivity index (χ1n) is 12.3. The van der Waals surface area contributed by atoms with Gasteiger partial charge in [-0.2, -0.15) is 0 Å². The molecule has 3 rings (SSSR count). The fourth-order valence-electron chi connectivity index (χ4n) is 4.85.